The number of nitrogens with zero attached hydrogens (tertiary/aromatic N) is 2. The molecule has 0 unspecified atom stereocenters. The van der Waals surface area contributed by atoms with E-state index in [0.717, 1.165) is 30.0 Å². The van der Waals surface area contributed by atoms with Crippen molar-refractivity contribution in [3.8, 4) is 5.69 Å². The van der Waals surface area contributed by atoms with Gasteiger partial charge in [0.25, 0.3) is 0 Å². The molecule has 0 amide bonds. The van der Waals surface area contributed by atoms with E-state index in [0.29, 0.717) is 5.69 Å². The topological polar surface area (TPSA) is 174 Å². The van der Waals surface area contributed by atoms with Gasteiger partial charge in [-0.3, -0.25) is 19.2 Å². The van der Waals surface area contributed by atoms with Crippen LogP contribution in [0, 0.1) is 0 Å². The van der Waals surface area contributed by atoms with Crippen molar-refractivity contribution in [3.05, 3.63) is 63.5 Å². The van der Waals surface area contributed by atoms with Crippen LogP contribution < -0.4 is 11.4 Å². The standard InChI is InChI=1S/C25H29N3O11/c1-14(29)35-13-20-22(37-16(3)31)23(38-17(4)32)21(36-15(2)30)19(39-20)11-8-12-27-25(34)28(24(33)26-27)18-9-6-5-7-10-18/h5-11,19-23H,12-13H2,1-4H3,(H,26,33)/b11-8+/t19-,20-,21+,22+,23-/m1/s1. The molecular formula is C25H29N3O11. The van der Waals surface area contributed by atoms with Gasteiger partial charge in [-0.1, -0.05) is 30.4 Å². The van der Waals surface area contributed by atoms with Gasteiger partial charge in [0.15, 0.2) is 18.3 Å². The van der Waals surface area contributed by atoms with E-state index in [-0.39, 0.29) is 13.2 Å². The first-order valence-electron chi connectivity index (χ1n) is 11.9. The maximum atomic E-state index is 12.8. The summed E-state index contributed by atoms with van der Waals surface area (Å²) in [7, 11) is 0. The van der Waals surface area contributed by atoms with Gasteiger partial charge in [0.2, 0.25) is 0 Å². The highest BCUT2D eigenvalue weighted by molar-refractivity contribution is 5.68. The second kappa shape index (κ2) is 12.9. The molecule has 14 nitrogen and oxygen atoms in total. The predicted molar refractivity (Wildman–Crippen MR) is 132 cm³/mol. The molecule has 3 rings (SSSR count). The van der Waals surface area contributed by atoms with Gasteiger partial charge in [-0.15, -0.1) is 0 Å². The van der Waals surface area contributed by atoms with Crippen LogP contribution in [-0.4, -0.2) is 75.4 Å². The summed E-state index contributed by atoms with van der Waals surface area (Å²) in [6.45, 7) is 4.08. The Hall–Kier alpha value is -4.46. The van der Waals surface area contributed by atoms with Gasteiger partial charge >= 0.3 is 35.3 Å². The van der Waals surface area contributed by atoms with E-state index in [1.54, 1.807) is 30.3 Å². The predicted octanol–water partition coefficient (Wildman–Crippen LogP) is 0.00910. The first-order valence-corrected chi connectivity index (χ1v) is 11.9. The highest BCUT2D eigenvalue weighted by Crippen LogP contribution is 2.30. The van der Waals surface area contributed by atoms with Crippen molar-refractivity contribution in [1.29, 1.82) is 0 Å². The number of allylic oxidation sites excluding steroid dienone is 1. The summed E-state index contributed by atoms with van der Waals surface area (Å²) in [6, 6.07) is 8.32. The zero-order valence-electron chi connectivity index (χ0n) is 21.7. The summed E-state index contributed by atoms with van der Waals surface area (Å²) in [6.07, 6.45) is -3.17. The van der Waals surface area contributed by atoms with Gasteiger partial charge in [0.05, 0.1) is 12.2 Å². The lowest BCUT2D eigenvalue weighted by Crippen LogP contribution is -2.61. The molecule has 1 saturated heterocycles. The number of benzene rings is 1. The molecule has 2 heterocycles. The van der Waals surface area contributed by atoms with Crippen molar-refractivity contribution in [2.24, 2.45) is 0 Å². The van der Waals surface area contributed by atoms with Crippen molar-refractivity contribution in [2.75, 3.05) is 6.61 Å². The maximum absolute atomic E-state index is 12.8. The Balaban J connectivity index is 1.93. The Kier molecular flexibility index (Phi) is 9.60. The first kappa shape index (κ1) is 29.1. The van der Waals surface area contributed by atoms with Crippen LogP contribution in [-0.2, 0) is 49.4 Å². The lowest BCUT2D eigenvalue weighted by Gasteiger charge is -2.43. The van der Waals surface area contributed by atoms with Crippen LogP contribution in [0.3, 0.4) is 0 Å². The fraction of sp³-hybridized carbons (Fsp3) is 0.440. The number of aromatic amines is 1. The van der Waals surface area contributed by atoms with E-state index in [2.05, 4.69) is 5.10 Å². The fourth-order valence-corrected chi connectivity index (χ4v) is 4.07. The van der Waals surface area contributed by atoms with Crippen molar-refractivity contribution < 1.29 is 42.9 Å². The molecule has 0 saturated carbocycles. The minimum Gasteiger partial charge on any atom is -0.463 e. The second-order valence-electron chi connectivity index (χ2n) is 8.57. The van der Waals surface area contributed by atoms with Crippen LogP contribution in [0.1, 0.15) is 27.7 Å². The van der Waals surface area contributed by atoms with Crippen molar-refractivity contribution in [2.45, 2.75) is 64.8 Å². The maximum Gasteiger partial charge on any atom is 0.351 e. The number of ether oxygens (including phenoxy) is 5. The van der Waals surface area contributed by atoms with Crippen LogP contribution >= 0.6 is 0 Å². The zero-order chi connectivity index (χ0) is 28.7. The number of H-pyrrole nitrogens is 1. The molecule has 0 bridgehead atoms. The number of carbonyl (C=O) groups is 4. The van der Waals surface area contributed by atoms with Gasteiger partial charge in [-0.05, 0) is 12.1 Å². The van der Waals surface area contributed by atoms with Crippen LogP contribution in [0.5, 0.6) is 0 Å². The van der Waals surface area contributed by atoms with Gasteiger partial charge in [0.1, 0.15) is 18.8 Å². The number of hydrogen-bond acceptors (Lipinski definition) is 11. The number of aromatic nitrogens is 3. The highest BCUT2D eigenvalue weighted by Gasteiger charge is 2.51. The molecule has 1 aromatic carbocycles. The van der Waals surface area contributed by atoms with Gasteiger partial charge in [-0.25, -0.2) is 23.9 Å². The third-order valence-electron chi connectivity index (χ3n) is 5.51. The van der Waals surface area contributed by atoms with Gasteiger partial charge in [-0.2, -0.15) is 0 Å². The van der Waals surface area contributed by atoms with Crippen molar-refractivity contribution >= 4 is 23.9 Å². The molecule has 0 spiro atoms. The number of carbonyl (C=O) groups excluding carboxylic acids is 4. The molecular weight excluding hydrogens is 518 g/mol. The molecule has 0 aliphatic carbocycles. The van der Waals surface area contributed by atoms with E-state index in [1.807, 2.05) is 0 Å². The quantitative estimate of drug-likeness (QED) is 0.254. The van der Waals surface area contributed by atoms with E-state index in [1.165, 1.54) is 19.1 Å². The number of rotatable bonds is 9. The van der Waals surface area contributed by atoms with Gasteiger partial charge < -0.3 is 23.7 Å². The van der Waals surface area contributed by atoms with E-state index < -0.39 is 65.8 Å². The van der Waals surface area contributed by atoms with E-state index >= 15 is 0 Å². The Morgan fingerprint density at radius 2 is 1.46 bits per heavy atom. The zero-order valence-corrected chi connectivity index (χ0v) is 21.7. The average molecular weight is 548 g/mol. The Bertz CT molecular complexity index is 1340. The minimum absolute atomic E-state index is 0.110. The lowest BCUT2D eigenvalue weighted by molar-refractivity contribution is -0.244. The molecule has 210 valence electrons. The molecule has 1 N–H and O–H groups in total. The summed E-state index contributed by atoms with van der Waals surface area (Å²) in [4.78, 5) is 72.3. The summed E-state index contributed by atoms with van der Waals surface area (Å²) < 4.78 is 29.1. The Morgan fingerprint density at radius 1 is 0.872 bits per heavy atom. The molecule has 2 aromatic rings. The fourth-order valence-electron chi connectivity index (χ4n) is 4.07. The third kappa shape index (κ3) is 7.54. The largest absolute Gasteiger partial charge is 0.463 e. The second-order valence-corrected chi connectivity index (χ2v) is 8.57. The molecule has 5 atom stereocenters. The smallest absolute Gasteiger partial charge is 0.351 e. The minimum atomic E-state index is -1.32. The number of hydrogen-bond donors (Lipinski definition) is 1. The van der Waals surface area contributed by atoms with Crippen molar-refractivity contribution in [1.82, 2.24) is 14.3 Å². The normalized spacial score (nSPS) is 22.7. The van der Waals surface area contributed by atoms with Crippen molar-refractivity contribution in [3.63, 3.8) is 0 Å². The van der Waals surface area contributed by atoms with E-state index in [4.69, 9.17) is 23.7 Å². The molecule has 39 heavy (non-hydrogen) atoms. The highest BCUT2D eigenvalue weighted by atomic mass is 16.7. The molecule has 1 aromatic heterocycles. The van der Waals surface area contributed by atoms with Crippen LogP contribution in [0.15, 0.2) is 52.1 Å². The molecule has 1 aliphatic heterocycles. The summed E-state index contributed by atoms with van der Waals surface area (Å²) in [5.74, 6) is -2.86. The Labute approximate surface area is 222 Å². The average Bonchev–Trinajstić information content (AvgIpc) is 3.13. The summed E-state index contributed by atoms with van der Waals surface area (Å²) in [5.41, 5.74) is -0.893. The number of esters is 4. The number of para-hydroxylation sites is 1. The SMILES string of the molecule is CC(=O)OC[C@H]1O[C@H](/C=C/Cn2[nH]c(=O)n(-c3ccccc3)c2=O)[C@H](OC(C)=O)[C@@H](OC(C)=O)[C@H]1OC(C)=O. The van der Waals surface area contributed by atoms with Gasteiger partial charge in [0, 0.05) is 27.7 Å². The lowest BCUT2D eigenvalue weighted by atomic mass is 9.93. The number of nitrogens with one attached hydrogen (secondary N) is 1. The molecule has 14 heteroatoms. The van der Waals surface area contributed by atoms with Crippen LogP contribution in [0.25, 0.3) is 5.69 Å². The van der Waals surface area contributed by atoms with Crippen LogP contribution in [0.2, 0.25) is 0 Å². The molecule has 1 fully saturated rings. The third-order valence-corrected chi connectivity index (χ3v) is 5.51. The summed E-state index contributed by atoms with van der Waals surface area (Å²) in [5, 5.41) is 2.45. The van der Waals surface area contributed by atoms with Crippen LogP contribution in [0.4, 0.5) is 0 Å². The summed E-state index contributed by atoms with van der Waals surface area (Å²) >= 11 is 0. The van der Waals surface area contributed by atoms with E-state index in [9.17, 15) is 28.8 Å². The molecule has 1 aliphatic rings. The molecule has 0 radical (unpaired) electrons. The monoisotopic (exact) mass is 547 g/mol. The first-order chi connectivity index (χ1) is 18.5. The Morgan fingerprint density at radius 3 is 2.05 bits per heavy atom.